The molecule has 5 heteroatoms. The van der Waals surface area contributed by atoms with Crippen molar-refractivity contribution in [2.24, 2.45) is 0 Å². The maximum absolute atomic E-state index is 13.4. The summed E-state index contributed by atoms with van der Waals surface area (Å²) in [5, 5.41) is 0. The summed E-state index contributed by atoms with van der Waals surface area (Å²) in [6.45, 7) is 7.37. The van der Waals surface area contributed by atoms with Gasteiger partial charge in [0.05, 0.1) is 11.7 Å². The summed E-state index contributed by atoms with van der Waals surface area (Å²) < 4.78 is 5.58. The van der Waals surface area contributed by atoms with Crippen LogP contribution in [0, 0.1) is 0 Å². The van der Waals surface area contributed by atoms with E-state index in [0.29, 0.717) is 37.4 Å². The third-order valence-electron chi connectivity index (χ3n) is 4.84. The molecule has 29 heavy (non-hydrogen) atoms. The molecule has 0 atom stereocenters. The molecule has 0 saturated heterocycles. The molecule has 0 bridgehead atoms. The van der Waals surface area contributed by atoms with E-state index >= 15 is 0 Å². The average Bonchev–Trinajstić information content (AvgIpc) is 2.97. The van der Waals surface area contributed by atoms with Crippen LogP contribution in [0.5, 0.6) is 0 Å². The van der Waals surface area contributed by atoms with Gasteiger partial charge in [-0.05, 0) is 44.9 Å². The van der Waals surface area contributed by atoms with Crippen LogP contribution >= 0.6 is 0 Å². The van der Waals surface area contributed by atoms with Gasteiger partial charge in [-0.15, -0.1) is 0 Å². The van der Waals surface area contributed by atoms with Gasteiger partial charge < -0.3 is 9.64 Å². The van der Waals surface area contributed by atoms with Gasteiger partial charge in [0, 0.05) is 25.4 Å². The lowest BCUT2D eigenvalue weighted by Crippen LogP contribution is -2.36. The number of rotatable bonds is 9. The number of para-hydroxylation sites is 1. The van der Waals surface area contributed by atoms with Gasteiger partial charge in [0.15, 0.2) is 0 Å². The molecule has 1 aliphatic rings. The lowest BCUT2D eigenvalue weighted by Gasteiger charge is -2.25. The molecule has 2 aromatic rings. The first-order chi connectivity index (χ1) is 14.0. The summed E-state index contributed by atoms with van der Waals surface area (Å²) in [7, 11) is 0. The second-order valence-corrected chi connectivity index (χ2v) is 7.20. The quantitative estimate of drug-likeness (QED) is 0.476. The van der Waals surface area contributed by atoms with E-state index in [-0.39, 0.29) is 17.9 Å². The number of amides is 2. The van der Waals surface area contributed by atoms with E-state index in [1.165, 1.54) is 4.90 Å². The van der Waals surface area contributed by atoms with Gasteiger partial charge in [-0.2, -0.15) is 0 Å². The number of nitrogens with zero attached hydrogens (tertiary/aromatic N) is 2. The fraction of sp³-hybridized carbons (Fsp3) is 0.333. The van der Waals surface area contributed by atoms with E-state index in [2.05, 4.69) is 0 Å². The fourth-order valence-corrected chi connectivity index (χ4v) is 3.50. The highest BCUT2D eigenvalue weighted by molar-refractivity contribution is 6.36. The van der Waals surface area contributed by atoms with Crippen LogP contribution in [0.25, 0.3) is 5.57 Å². The van der Waals surface area contributed by atoms with Crippen LogP contribution in [0.2, 0.25) is 0 Å². The summed E-state index contributed by atoms with van der Waals surface area (Å²) >= 11 is 0. The Bertz CT molecular complexity index is 876. The van der Waals surface area contributed by atoms with Crippen molar-refractivity contribution in [1.82, 2.24) is 4.90 Å². The number of ether oxygens (including phenoxy) is 1. The van der Waals surface area contributed by atoms with E-state index in [0.717, 1.165) is 11.3 Å². The molecule has 0 saturated carbocycles. The van der Waals surface area contributed by atoms with Crippen LogP contribution in [0.1, 0.15) is 32.8 Å². The van der Waals surface area contributed by atoms with Gasteiger partial charge in [0.1, 0.15) is 5.70 Å². The predicted octanol–water partition coefficient (Wildman–Crippen LogP) is 4.11. The van der Waals surface area contributed by atoms with Gasteiger partial charge in [-0.25, -0.2) is 0 Å². The van der Waals surface area contributed by atoms with E-state index in [1.807, 2.05) is 86.3 Å². The highest BCUT2D eigenvalue weighted by Gasteiger charge is 2.41. The van der Waals surface area contributed by atoms with Crippen LogP contribution in [-0.2, 0) is 14.3 Å². The number of carbonyl (C=O) groups is 2. The predicted molar refractivity (Wildman–Crippen MR) is 115 cm³/mol. The highest BCUT2D eigenvalue weighted by Crippen LogP contribution is 2.34. The zero-order chi connectivity index (χ0) is 20.8. The van der Waals surface area contributed by atoms with Gasteiger partial charge in [-0.1, -0.05) is 48.5 Å². The molecule has 0 aromatic heterocycles. The molecule has 1 heterocycles. The molecule has 2 aromatic carbocycles. The minimum absolute atomic E-state index is 0.127. The maximum atomic E-state index is 13.4. The maximum Gasteiger partial charge on any atom is 0.278 e. The SMILES string of the molecule is CCN(C1=C(c2ccccc2)C(=O)N(CCCOC(C)C)C1=O)c1ccccc1. The second-order valence-electron chi connectivity index (χ2n) is 7.20. The van der Waals surface area contributed by atoms with E-state index < -0.39 is 0 Å². The molecule has 0 N–H and O–H groups in total. The standard InChI is InChI=1S/C24H28N2O3/c1-4-25(20-14-9-6-10-15-20)22-21(19-12-7-5-8-13-19)23(27)26(24(22)28)16-11-17-29-18(2)3/h5-10,12-15,18H,4,11,16-17H2,1-3H3. The van der Waals surface area contributed by atoms with E-state index in [4.69, 9.17) is 4.74 Å². The van der Waals surface area contributed by atoms with Crippen LogP contribution in [-0.4, -0.2) is 42.5 Å². The first-order valence-corrected chi connectivity index (χ1v) is 10.1. The molecule has 0 fully saturated rings. The Labute approximate surface area is 172 Å². The third-order valence-corrected chi connectivity index (χ3v) is 4.84. The van der Waals surface area contributed by atoms with Gasteiger partial charge in [0.2, 0.25) is 0 Å². The third kappa shape index (κ3) is 4.57. The van der Waals surface area contributed by atoms with Crippen LogP contribution in [0.3, 0.4) is 0 Å². The number of hydrogen-bond acceptors (Lipinski definition) is 4. The van der Waals surface area contributed by atoms with Gasteiger partial charge in [0.25, 0.3) is 11.8 Å². The molecule has 0 radical (unpaired) electrons. The summed E-state index contributed by atoms with van der Waals surface area (Å²) in [6.07, 6.45) is 0.741. The normalized spacial score (nSPS) is 14.3. The van der Waals surface area contributed by atoms with Crippen molar-refractivity contribution >= 4 is 23.1 Å². The molecule has 2 amide bonds. The van der Waals surface area contributed by atoms with Crippen molar-refractivity contribution in [2.75, 3.05) is 24.6 Å². The lowest BCUT2D eigenvalue weighted by molar-refractivity contribution is -0.137. The Kier molecular flexibility index (Phi) is 6.83. The molecule has 5 nitrogen and oxygen atoms in total. The Morgan fingerprint density at radius 2 is 1.55 bits per heavy atom. The molecule has 0 aliphatic carbocycles. The van der Waals surface area contributed by atoms with Gasteiger partial charge >= 0.3 is 0 Å². The van der Waals surface area contributed by atoms with Gasteiger partial charge in [-0.3, -0.25) is 14.5 Å². The first-order valence-electron chi connectivity index (χ1n) is 10.1. The Hall–Kier alpha value is -2.92. The monoisotopic (exact) mass is 392 g/mol. The van der Waals surface area contributed by atoms with Crippen molar-refractivity contribution in [2.45, 2.75) is 33.3 Å². The second kappa shape index (κ2) is 9.52. The Morgan fingerprint density at radius 1 is 0.931 bits per heavy atom. The van der Waals surface area contributed by atoms with E-state index in [1.54, 1.807) is 0 Å². The number of hydrogen-bond donors (Lipinski definition) is 0. The van der Waals surface area contributed by atoms with Crippen LogP contribution in [0.4, 0.5) is 5.69 Å². The number of likely N-dealkylation sites (N-methyl/N-ethyl adjacent to an activating group) is 1. The molecule has 1 aliphatic heterocycles. The Morgan fingerprint density at radius 3 is 2.14 bits per heavy atom. The van der Waals surface area contributed by atoms with Crippen LogP contribution < -0.4 is 4.90 Å². The van der Waals surface area contributed by atoms with Crippen molar-refractivity contribution in [1.29, 1.82) is 0 Å². The topological polar surface area (TPSA) is 49.9 Å². The molecule has 0 unspecified atom stereocenters. The minimum atomic E-state index is -0.246. The zero-order valence-corrected chi connectivity index (χ0v) is 17.3. The minimum Gasteiger partial charge on any atom is -0.379 e. The summed E-state index contributed by atoms with van der Waals surface area (Å²) in [4.78, 5) is 29.9. The number of anilines is 1. The highest BCUT2D eigenvalue weighted by atomic mass is 16.5. The van der Waals surface area contributed by atoms with Crippen molar-refractivity contribution in [3.05, 3.63) is 71.9 Å². The smallest absolute Gasteiger partial charge is 0.278 e. The fourth-order valence-electron chi connectivity index (χ4n) is 3.50. The number of carbonyl (C=O) groups excluding carboxylic acids is 2. The first kappa shape index (κ1) is 20.8. The summed E-state index contributed by atoms with van der Waals surface area (Å²) in [5.74, 6) is -0.487. The summed E-state index contributed by atoms with van der Waals surface area (Å²) in [6, 6.07) is 19.1. The largest absolute Gasteiger partial charge is 0.379 e. The number of benzene rings is 2. The molecule has 3 rings (SSSR count). The summed E-state index contributed by atoms with van der Waals surface area (Å²) in [5.41, 5.74) is 2.56. The van der Waals surface area contributed by atoms with Crippen molar-refractivity contribution in [3.63, 3.8) is 0 Å². The zero-order valence-electron chi connectivity index (χ0n) is 17.3. The lowest BCUT2D eigenvalue weighted by atomic mass is 10.0. The average molecular weight is 392 g/mol. The van der Waals surface area contributed by atoms with Crippen molar-refractivity contribution in [3.8, 4) is 0 Å². The molecular weight excluding hydrogens is 364 g/mol. The van der Waals surface area contributed by atoms with Crippen LogP contribution in [0.15, 0.2) is 66.4 Å². The molecule has 152 valence electrons. The molecule has 0 spiro atoms. The molecular formula is C24H28N2O3. The Balaban J connectivity index is 1.97. The van der Waals surface area contributed by atoms with E-state index in [9.17, 15) is 9.59 Å². The number of imide groups is 1. The van der Waals surface area contributed by atoms with Crippen molar-refractivity contribution < 1.29 is 14.3 Å².